The normalized spacial score (nSPS) is 11.7. The highest BCUT2D eigenvalue weighted by Gasteiger charge is 2.30. The zero-order valence-corrected chi connectivity index (χ0v) is 15.8. The van der Waals surface area contributed by atoms with E-state index in [0.29, 0.717) is 28.4 Å². The first-order chi connectivity index (χ1) is 14.2. The molecule has 0 aliphatic carbocycles. The van der Waals surface area contributed by atoms with Gasteiger partial charge in [-0.2, -0.15) is 18.2 Å². The molecule has 4 rings (SSSR count). The molecule has 0 amide bonds. The summed E-state index contributed by atoms with van der Waals surface area (Å²) in [5, 5.41) is 2.80. The Morgan fingerprint density at radius 1 is 1.00 bits per heavy atom. The van der Waals surface area contributed by atoms with Gasteiger partial charge in [0.2, 0.25) is 11.9 Å². The second-order valence-electron chi connectivity index (χ2n) is 6.64. The monoisotopic (exact) mass is 417 g/mol. The summed E-state index contributed by atoms with van der Waals surface area (Å²) in [6.45, 7) is 0. The second kappa shape index (κ2) is 7.25. The Morgan fingerprint density at radius 2 is 1.73 bits per heavy atom. The van der Waals surface area contributed by atoms with Crippen molar-refractivity contribution in [2.45, 2.75) is 6.18 Å². The molecule has 30 heavy (non-hydrogen) atoms. The maximum atomic E-state index is 14.5. The molecular formula is C19H15F4N7. The number of aromatic nitrogens is 5. The van der Waals surface area contributed by atoms with E-state index in [1.807, 2.05) is 0 Å². The lowest BCUT2D eigenvalue weighted by Gasteiger charge is -2.11. The van der Waals surface area contributed by atoms with Gasteiger partial charge in [0.15, 0.2) is 0 Å². The zero-order chi connectivity index (χ0) is 21.5. The number of halogens is 4. The number of imidazole rings is 1. The molecule has 0 saturated heterocycles. The summed E-state index contributed by atoms with van der Waals surface area (Å²) >= 11 is 0. The standard InChI is InChI=1S/C19H15F4N7/c1-30(2)18-25-9-24-17(29-18)28-13-8-15-14(7-12(13)20)26-16(27-15)10-3-5-11(6-4-10)19(21,22)23/h3-9H,1-2H3,(H,26,27)(H,24,25,28,29). The molecule has 0 spiro atoms. The van der Waals surface area contributed by atoms with Gasteiger partial charge in [0.25, 0.3) is 0 Å². The summed E-state index contributed by atoms with van der Waals surface area (Å²) < 4.78 is 52.7. The molecule has 0 radical (unpaired) electrons. The Kier molecular flexibility index (Phi) is 4.72. The molecule has 2 aromatic heterocycles. The number of H-pyrrole nitrogens is 1. The summed E-state index contributed by atoms with van der Waals surface area (Å²) in [4.78, 5) is 21.1. The molecule has 2 heterocycles. The molecule has 2 N–H and O–H groups in total. The van der Waals surface area contributed by atoms with Crippen LogP contribution in [0.25, 0.3) is 22.4 Å². The molecule has 0 bridgehead atoms. The molecule has 2 aromatic carbocycles. The third-order valence-electron chi connectivity index (χ3n) is 4.26. The summed E-state index contributed by atoms with van der Waals surface area (Å²) in [7, 11) is 3.53. The lowest BCUT2D eigenvalue weighted by Crippen LogP contribution is -2.14. The number of anilines is 3. The number of hydrogen-bond acceptors (Lipinski definition) is 6. The van der Waals surface area contributed by atoms with E-state index in [1.54, 1.807) is 19.0 Å². The van der Waals surface area contributed by atoms with Gasteiger partial charge in [0, 0.05) is 25.7 Å². The van der Waals surface area contributed by atoms with Gasteiger partial charge in [-0.3, -0.25) is 0 Å². The second-order valence-corrected chi connectivity index (χ2v) is 6.64. The first kappa shape index (κ1) is 19.6. The van der Waals surface area contributed by atoms with Crippen molar-refractivity contribution < 1.29 is 17.6 Å². The number of benzene rings is 2. The Labute approximate surface area is 167 Å². The van der Waals surface area contributed by atoms with Crippen molar-refractivity contribution in [2.75, 3.05) is 24.3 Å². The van der Waals surface area contributed by atoms with Crippen molar-refractivity contribution in [3.63, 3.8) is 0 Å². The summed E-state index contributed by atoms with van der Waals surface area (Å²) in [5.41, 5.74) is 0.630. The largest absolute Gasteiger partial charge is 0.416 e. The Morgan fingerprint density at radius 3 is 2.40 bits per heavy atom. The highest BCUT2D eigenvalue weighted by Crippen LogP contribution is 2.31. The maximum Gasteiger partial charge on any atom is 0.416 e. The molecule has 154 valence electrons. The quantitative estimate of drug-likeness (QED) is 0.480. The lowest BCUT2D eigenvalue weighted by molar-refractivity contribution is -0.137. The van der Waals surface area contributed by atoms with Crippen LogP contribution in [-0.2, 0) is 6.18 Å². The minimum atomic E-state index is -4.42. The third-order valence-corrected chi connectivity index (χ3v) is 4.26. The fourth-order valence-corrected chi connectivity index (χ4v) is 2.76. The smallest absolute Gasteiger partial charge is 0.347 e. The van der Waals surface area contributed by atoms with Crippen LogP contribution < -0.4 is 10.2 Å². The Hall–Kier alpha value is -3.76. The predicted octanol–water partition coefficient (Wildman–Crippen LogP) is 4.38. The Balaban J connectivity index is 1.65. The van der Waals surface area contributed by atoms with Crippen LogP contribution in [0.1, 0.15) is 5.56 Å². The molecular weight excluding hydrogens is 402 g/mol. The molecule has 11 heteroatoms. The van der Waals surface area contributed by atoms with E-state index in [-0.39, 0.29) is 11.6 Å². The number of hydrogen-bond donors (Lipinski definition) is 2. The van der Waals surface area contributed by atoms with Gasteiger partial charge in [-0.05, 0) is 18.2 Å². The molecule has 0 saturated carbocycles. The van der Waals surface area contributed by atoms with Gasteiger partial charge in [0.1, 0.15) is 18.0 Å². The van der Waals surface area contributed by atoms with Crippen LogP contribution in [0.15, 0.2) is 42.7 Å². The number of nitrogens with one attached hydrogen (secondary N) is 2. The van der Waals surface area contributed by atoms with Gasteiger partial charge >= 0.3 is 6.18 Å². The lowest BCUT2D eigenvalue weighted by atomic mass is 10.1. The topological polar surface area (TPSA) is 82.6 Å². The maximum absolute atomic E-state index is 14.5. The van der Waals surface area contributed by atoms with Gasteiger partial charge in [0.05, 0.1) is 22.3 Å². The van der Waals surface area contributed by atoms with E-state index >= 15 is 0 Å². The predicted molar refractivity (Wildman–Crippen MR) is 104 cm³/mol. The van der Waals surface area contributed by atoms with Crippen LogP contribution in [0.4, 0.5) is 35.1 Å². The minimum Gasteiger partial charge on any atom is -0.347 e. The summed E-state index contributed by atoms with van der Waals surface area (Å²) in [5.74, 6) is 0.305. The van der Waals surface area contributed by atoms with E-state index in [4.69, 9.17) is 0 Å². The fraction of sp³-hybridized carbons (Fsp3) is 0.158. The molecule has 0 unspecified atom stereocenters. The van der Waals surface area contributed by atoms with Gasteiger partial charge < -0.3 is 15.2 Å². The molecule has 0 fully saturated rings. The van der Waals surface area contributed by atoms with Crippen LogP contribution in [0.3, 0.4) is 0 Å². The van der Waals surface area contributed by atoms with Crippen LogP contribution in [0.2, 0.25) is 0 Å². The van der Waals surface area contributed by atoms with Crippen molar-refractivity contribution in [2.24, 2.45) is 0 Å². The molecule has 0 aliphatic rings. The van der Waals surface area contributed by atoms with Crippen LogP contribution in [-0.4, -0.2) is 39.0 Å². The van der Waals surface area contributed by atoms with E-state index < -0.39 is 17.6 Å². The number of fused-ring (bicyclic) bond motifs is 1. The van der Waals surface area contributed by atoms with Crippen molar-refractivity contribution in [1.29, 1.82) is 0 Å². The van der Waals surface area contributed by atoms with E-state index in [0.717, 1.165) is 12.1 Å². The van der Waals surface area contributed by atoms with Gasteiger partial charge in [-0.25, -0.2) is 19.3 Å². The number of aromatic amines is 1. The number of rotatable bonds is 4. The molecule has 0 aliphatic heterocycles. The highest BCUT2D eigenvalue weighted by molar-refractivity contribution is 5.83. The number of alkyl halides is 3. The van der Waals surface area contributed by atoms with Crippen LogP contribution in [0, 0.1) is 5.82 Å². The SMILES string of the molecule is CN(C)c1ncnc(Nc2cc3[nH]c(-c4ccc(C(F)(F)F)cc4)nc3cc2F)n1. The molecule has 7 nitrogen and oxygen atoms in total. The third kappa shape index (κ3) is 3.86. The molecule has 0 atom stereocenters. The highest BCUT2D eigenvalue weighted by atomic mass is 19.4. The summed E-state index contributed by atoms with van der Waals surface area (Å²) in [6, 6.07) is 7.27. The van der Waals surface area contributed by atoms with Crippen LogP contribution >= 0.6 is 0 Å². The van der Waals surface area contributed by atoms with Crippen molar-refractivity contribution >= 4 is 28.6 Å². The zero-order valence-electron chi connectivity index (χ0n) is 15.8. The first-order valence-corrected chi connectivity index (χ1v) is 8.71. The van der Waals surface area contributed by atoms with Crippen molar-refractivity contribution in [3.05, 3.63) is 54.1 Å². The fourth-order valence-electron chi connectivity index (χ4n) is 2.76. The first-order valence-electron chi connectivity index (χ1n) is 8.71. The van der Waals surface area contributed by atoms with Crippen molar-refractivity contribution in [1.82, 2.24) is 24.9 Å². The average molecular weight is 417 g/mol. The number of nitrogens with zero attached hydrogens (tertiary/aromatic N) is 5. The van der Waals surface area contributed by atoms with E-state index in [9.17, 15) is 17.6 Å². The average Bonchev–Trinajstić information content (AvgIpc) is 3.10. The van der Waals surface area contributed by atoms with Crippen molar-refractivity contribution in [3.8, 4) is 11.4 Å². The summed E-state index contributed by atoms with van der Waals surface area (Å²) in [6.07, 6.45) is -3.11. The van der Waals surface area contributed by atoms with Gasteiger partial charge in [-0.1, -0.05) is 12.1 Å². The Bertz CT molecular complexity index is 1200. The van der Waals surface area contributed by atoms with E-state index in [1.165, 1.54) is 30.6 Å². The molecule has 4 aromatic rings. The van der Waals surface area contributed by atoms with Gasteiger partial charge in [-0.15, -0.1) is 0 Å². The van der Waals surface area contributed by atoms with Crippen LogP contribution in [0.5, 0.6) is 0 Å². The minimum absolute atomic E-state index is 0.112. The van der Waals surface area contributed by atoms with E-state index in [2.05, 4.69) is 30.2 Å².